The molecule has 1 fully saturated rings. The summed E-state index contributed by atoms with van der Waals surface area (Å²) in [6.07, 6.45) is 0.483. The Hall–Kier alpha value is -1.34. The van der Waals surface area contributed by atoms with Crippen LogP contribution in [0.15, 0.2) is 0 Å². The Morgan fingerprint density at radius 2 is 1.94 bits per heavy atom. The van der Waals surface area contributed by atoms with Gasteiger partial charge in [0.25, 0.3) is 0 Å². The molecule has 1 saturated heterocycles. The third kappa shape index (κ3) is 3.85. The zero-order valence-corrected chi connectivity index (χ0v) is 10.6. The number of aliphatic carboxylic acids is 1. The van der Waals surface area contributed by atoms with E-state index in [2.05, 4.69) is 5.32 Å². The molecule has 2 atom stereocenters. The standard InChI is InChI=1S/C11H20N2O5/c1-7(14)9(10(15)16)12-11(17)13-5-3-8(18-2)4-6-13/h7-9,14H,3-6H2,1-2H3,(H,12,17)(H,15,16). The van der Waals surface area contributed by atoms with E-state index in [1.807, 2.05) is 0 Å². The Morgan fingerprint density at radius 1 is 1.39 bits per heavy atom. The molecule has 104 valence electrons. The average molecular weight is 260 g/mol. The van der Waals surface area contributed by atoms with Crippen molar-refractivity contribution in [3.05, 3.63) is 0 Å². The molecule has 7 nitrogen and oxygen atoms in total. The SMILES string of the molecule is COC1CCN(C(=O)NC(C(=O)O)C(C)O)CC1. The summed E-state index contributed by atoms with van der Waals surface area (Å²) in [6.45, 7) is 2.38. The number of nitrogens with one attached hydrogen (secondary N) is 1. The maximum atomic E-state index is 11.8. The number of nitrogens with zero attached hydrogens (tertiary/aromatic N) is 1. The molecule has 0 aliphatic carbocycles. The molecular weight excluding hydrogens is 240 g/mol. The van der Waals surface area contributed by atoms with Gasteiger partial charge in [0.1, 0.15) is 0 Å². The van der Waals surface area contributed by atoms with Crippen molar-refractivity contribution >= 4 is 12.0 Å². The number of rotatable bonds is 4. The number of hydrogen-bond donors (Lipinski definition) is 3. The number of urea groups is 1. The first-order valence-electron chi connectivity index (χ1n) is 5.94. The summed E-state index contributed by atoms with van der Waals surface area (Å²) in [5, 5.41) is 20.4. The Bertz CT molecular complexity index is 300. The molecule has 0 radical (unpaired) electrons. The summed E-state index contributed by atoms with van der Waals surface area (Å²) in [7, 11) is 1.63. The minimum Gasteiger partial charge on any atom is -0.480 e. The van der Waals surface area contributed by atoms with Gasteiger partial charge in [-0.15, -0.1) is 0 Å². The lowest BCUT2D eigenvalue weighted by molar-refractivity contribution is -0.141. The summed E-state index contributed by atoms with van der Waals surface area (Å²) < 4.78 is 5.18. The van der Waals surface area contributed by atoms with Crippen molar-refractivity contribution in [2.75, 3.05) is 20.2 Å². The predicted molar refractivity (Wildman–Crippen MR) is 63.2 cm³/mol. The lowest BCUT2D eigenvalue weighted by Crippen LogP contribution is -2.54. The average Bonchev–Trinajstić information content (AvgIpc) is 2.35. The number of ether oxygens (including phenoxy) is 1. The summed E-state index contributed by atoms with van der Waals surface area (Å²) >= 11 is 0. The molecule has 1 rings (SSSR count). The van der Waals surface area contributed by atoms with Gasteiger partial charge >= 0.3 is 12.0 Å². The molecule has 0 aromatic heterocycles. The van der Waals surface area contributed by atoms with Gasteiger partial charge < -0.3 is 25.2 Å². The van der Waals surface area contributed by atoms with Crippen LogP contribution in [0.25, 0.3) is 0 Å². The quantitative estimate of drug-likeness (QED) is 0.641. The number of amides is 2. The van der Waals surface area contributed by atoms with Crippen molar-refractivity contribution in [1.29, 1.82) is 0 Å². The summed E-state index contributed by atoms with van der Waals surface area (Å²) in [6, 6.07) is -1.74. The van der Waals surface area contributed by atoms with Crippen LogP contribution in [0, 0.1) is 0 Å². The smallest absolute Gasteiger partial charge is 0.328 e. The van der Waals surface area contributed by atoms with Crippen molar-refractivity contribution in [2.24, 2.45) is 0 Å². The first-order chi connectivity index (χ1) is 8.45. The molecule has 0 bridgehead atoms. The number of aliphatic hydroxyl groups is 1. The van der Waals surface area contributed by atoms with E-state index < -0.39 is 24.1 Å². The van der Waals surface area contributed by atoms with Crippen LogP contribution in [0.1, 0.15) is 19.8 Å². The second kappa shape index (κ2) is 6.55. The van der Waals surface area contributed by atoms with Crippen LogP contribution in [-0.4, -0.2) is 65.6 Å². The zero-order chi connectivity index (χ0) is 13.7. The van der Waals surface area contributed by atoms with Gasteiger partial charge in [-0.3, -0.25) is 0 Å². The fourth-order valence-corrected chi connectivity index (χ4v) is 1.91. The number of carbonyl (C=O) groups excluding carboxylic acids is 1. The highest BCUT2D eigenvalue weighted by molar-refractivity contribution is 5.83. The van der Waals surface area contributed by atoms with E-state index >= 15 is 0 Å². The van der Waals surface area contributed by atoms with Crippen LogP contribution < -0.4 is 5.32 Å². The van der Waals surface area contributed by atoms with E-state index in [0.717, 1.165) is 12.8 Å². The lowest BCUT2D eigenvalue weighted by Gasteiger charge is -2.32. The Morgan fingerprint density at radius 3 is 2.33 bits per heavy atom. The van der Waals surface area contributed by atoms with E-state index in [1.165, 1.54) is 11.8 Å². The molecule has 7 heteroatoms. The first kappa shape index (κ1) is 14.7. The van der Waals surface area contributed by atoms with Crippen molar-refractivity contribution < 1.29 is 24.5 Å². The normalized spacial score (nSPS) is 20.3. The maximum Gasteiger partial charge on any atom is 0.328 e. The summed E-state index contributed by atoms with van der Waals surface area (Å²) in [4.78, 5) is 24.2. The number of carbonyl (C=O) groups is 2. The number of aliphatic hydroxyl groups excluding tert-OH is 1. The predicted octanol–water partition coefficient (Wildman–Crippen LogP) is -0.359. The Balaban J connectivity index is 2.48. The molecule has 18 heavy (non-hydrogen) atoms. The molecule has 1 aliphatic rings. The van der Waals surface area contributed by atoms with Crippen LogP contribution >= 0.6 is 0 Å². The maximum absolute atomic E-state index is 11.8. The Labute approximate surface area is 106 Å². The van der Waals surface area contributed by atoms with Gasteiger partial charge in [0.05, 0.1) is 12.2 Å². The lowest BCUT2D eigenvalue weighted by atomic mass is 10.1. The molecule has 0 saturated carbocycles. The van der Waals surface area contributed by atoms with E-state index in [9.17, 15) is 14.7 Å². The number of piperidine rings is 1. The number of carboxylic acid groups (broad SMARTS) is 1. The minimum atomic E-state index is -1.28. The molecule has 0 aromatic rings. The number of carboxylic acids is 1. The van der Waals surface area contributed by atoms with Crippen LogP contribution in [-0.2, 0) is 9.53 Å². The molecule has 1 aliphatic heterocycles. The van der Waals surface area contributed by atoms with Crippen molar-refractivity contribution in [1.82, 2.24) is 10.2 Å². The monoisotopic (exact) mass is 260 g/mol. The molecule has 0 aromatic carbocycles. The van der Waals surface area contributed by atoms with Gasteiger partial charge in [-0.1, -0.05) is 0 Å². The number of likely N-dealkylation sites (tertiary alicyclic amines) is 1. The van der Waals surface area contributed by atoms with Crippen molar-refractivity contribution in [3.63, 3.8) is 0 Å². The van der Waals surface area contributed by atoms with Gasteiger partial charge in [0, 0.05) is 20.2 Å². The second-order valence-corrected chi connectivity index (χ2v) is 4.43. The van der Waals surface area contributed by atoms with Gasteiger partial charge in [0.2, 0.25) is 0 Å². The molecular formula is C11H20N2O5. The topological polar surface area (TPSA) is 99.1 Å². The summed E-state index contributed by atoms with van der Waals surface area (Å²) in [5.74, 6) is -1.25. The molecule has 3 N–H and O–H groups in total. The minimum absolute atomic E-state index is 0.154. The molecule has 2 amide bonds. The van der Waals surface area contributed by atoms with E-state index in [-0.39, 0.29) is 6.10 Å². The second-order valence-electron chi connectivity index (χ2n) is 4.43. The fraction of sp³-hybridized carbons (Fsp3) is 0.818. The highest BCUT2D eigenvalue weighted by atomic mass is 16.5. The summed E-state index contributed by atoms with van der Waals surface area (Å²) in [5.41, 5.74) is 0. The highest BCUT2D eigenvalue weighted by Gasteiger charge is 2.29. The Kier molecular flexibility index (Phi) is 5.36. The van der Waals surface area contributed by atoms with E-state index in [1.54, 1.807) is 7.11 Å². The molecule has 1 heterocycles. The highest BCUT2D eigenvalue weighted by Crippen LogP contribution is 2.13. The van der Waals surface area contributed by atoms with Crippen molar-refractivity contribution in [3.8, 4) is 0 Å². The number of methoxy groups -OCH3 is 1. The van der Waals surface area contributed by atoms with E-state index in [4.69, 9.17) is 9.84 Å². The van der Waals surface area contributed by atoms with Gasteiger partial charge in [0.15, 0.2) is 6.04 Å². The molecule has 0 spiro atoms. The van der Waals surface area contributed by atoms with E-state index in [0.29, 0.717) is 13.1 Å². The van der Waals surface area contributed by atoms with Crippen LogP contribution in [0.5, 0.6) is 0 Å². The van der Waals surface area contributed by atoms with Crippen LogP contribution in [0.3, 0.4) is 0 Å². The third-order valence-corrected chi connectivity index (χ3v) is 3.09. The third-order valence-electron chi connectivity index (χ3n) is 3.09. The van der Waals surface area contributed by atoms with Crippen LogP contribution in [0.4, 0.5) is 4.79 Å². The fourth-order valence-electron chi connectivity index (χ4n) is 1.91. The largest absolute Gasteiger partial charge is 0.480 e. The van der Waals surface area contributed by atoms with Gasteiger partial charge in [-0.25, -0.2) is 9.59 Å². The van der Waals surface area contributed by atoms with Crippen molar-refractivity contribution in [2.45, 2.75) is 38.0 Å². The zero-order valence-electron chi connectivity index (χ0n) is 10.6. The van der Waals surface area contributed by atoms with Crippen LogP contribution in [0.2, 0.25) is 0 Å². The number of hydrogen-bond acceptors (Lipinski definition) is 4. The first-order valence-corrected chi connectivity index (χ1v) is 5.94. The van der Waals surface area contributed by atoms with Gasteiger partial charge in [-0.2, -0.15) is 0 Å². The van der Waals surface area contributed by atoms with Gasteiger partial charge in [-0.05, 0) is 19.8 Å². The molecule has 2 unspecified atom stereocenters.